The fourth-order valence-corrected chi connectivity index (χ4v) is 2.42. The maximum Gasteiger partial charge on any atom is 0.220 e. The molecule has 0 radical (unpaired) electrons. The van der Waals surface area contributed by atoms with Crippen LogP contribution in [0.25, 0.3) is 0 Å². The van der Waals surface area contributed by atoms with Crippen molar-refractivity contribution >= 4 is 5.91 Å². The van der Waals surface area contributed by atoms with Crippen molar-refractivity contribution in [3.8, 4) is 0 Å². The third-order valence-electron chi connectivity index (χ3n) is 3.81. The lowest BCUT2D eigenvalue weighted by Gasteiger charge is -2.22. The van der Waals surface area contributed by atoms with Crippen LogP contribution in [0.3, 0.4) is 0 Å². The predicted octanol–water partition coefficient (Wildman–Crippen LogP) is 1.68. The summed E-state index contributed by atoms with van der Waals surface area (Å²) < 4.78 is 0. The summed E-state index contributed by atoms with van der Waals surface area (Å²) in [6.45, 7) is 3.16. The quantitative estimate of drug-likeness (QED) is 0.721. The summed E-state index contributed by atoms with van der Waals surface area (Å²) in [4.78, 5) is 11.6. The molecule has 3 nitrogen and oxygen atoms in total. The van der Waals surface area contributed by atoms with Gasteiger partial charge in [-0.2, -0.15) is 0 Å². The second kappa shape index (κ2) is 6.24. The molecule has 0 aromatic rings. The third-order valence-corrected chi connectivity index (χ3v) is 3.81. The van der Waals surface area contributed by atoms with E-state index in [-0.39, 0.29) is 5.91 Å². The Hall–Kier alpha value is -0.570. The Bertz CT molecular complexity index is 220. The van der Waals surface area contributed by atoms with Crippen LogP contribution in [0, 0.1) is 11.8 Å². The van der Waals surface area contributed by atoms with E-state index in [0.717, 1.165) is 44.3 Å². The minimum absolute atomic E-state index is 0.263. The number of hydrogen-bond acceptors (Lipinski definition) is 2. The summed E-state index contributed by atoms with van der Waals surface area (Å²) >= 11 is 0. The van der Waals surface area contributed by atoms with E-state index in [1.807, 2.05) is 0 Å². The van der Waals surface area contributed by atoms with Gasteiger partial charge in [-0.25, -0.2) is 0 Å². The van der Waals surface area contributed by atoms with Gasteiger partial charge in [-0.15, -0.1) is 0 Å². The Morgan fingerprint density at radius 3 is 2.44 bits per heavy atom. The fraction of sp³-hybridized carbons (Fsp3) is 0.923. The monoisotopic (exact) mass is 224 g/mol. The summed E-state index contributed by atoms with van der Waals surface area (Å²) in [6, 6.07) is 0. The molecule has 2 fully saturated rings. The molecule has 0 spiro atoms. The molecule has 1 aliphatic carbocycles. The molecule has 1 amide bonds. The number of amides is 1. The van der Waals surface area contributed by atoms with Gasteiger partial charge in [-0.05, 0) is 50.6 Å². The summed E-state index contributed by atoms with van der Waals surface area (Å²) in [5.41, 5.74) is 0. The highest BCUT2D eigenvalue weighted by Crippen LogP contribution is 2.31. The molecule has 0 atom stereocenters. The van der Waals surface area contributed by atoms with Crippen molar-refractivity contribution < 1.29 is 4.79 Å². The van der Waals surface area contributed by atoms with E-state index in [1.165, 1.54) is 32.1 Å². The predicted molar refractivity (Wildman–Crippen MR) is 65.2 cm³/mol. The van der Waals surface area contributed by atoms with Crippen molar-refractivity contribution in [1.29, 1.82) is 0 Å². The minimum atomic E-state index is 0.263. The second-order valence-corrected chi connectivity index (χ2v) is 5.31. The zero-order chi connectivity index (χ0) is 11.2. The van der Waals surface area contributed by atoms with Gasteiger partial charge in [0.1, 0.15) is 0 Å². The van der Waals surface area contributed by atoms with E-state index in [0.29, 0.717) is 0 Å². The number of rotatable bonds is 6. The Kier molecular flexibility index (Phi) is 4.64. The van der Waals surface area contributed by atoms with Gasteiger partial charge in [-0.3, -0.25) is 4.79 Å². The van der Waals surface area contributed by atoms with Gasteiger partial charge in [0.25, 0.3) is 0 Å². The second-order valence-electron chi connectivity index (χ2n) is 5.31. The summed E-state index contributed by atoms with van der Waals surface area (Å²) in [6.07, 6.45) is 8.26. The average molecular weight is 224 g/mol. The average Bonchev–Trinajstić information content (AvgIpc) is 3.12. The van der Waals surface area contributed by atoms with E-state index in [2.05, 4.69) is 10.6 Å². The fourth-order valence-electron chi connectivity index (χ4n) is 2.42. The normalized spacial score (nSPS) is 22.0. The van der Waals surface area contributed by atoms with Crippen molar-refractivity contribution in [2.45, 2.75) is 44.9 Å². The first kappa shape index (κ1) is 11.9. The molecule has 2 rings (SSSR count). The van der Waals surface area contributed by atoms with Crippen LogP contribution in [0.1, 0.15) is 44.9 Å². The Morgan fingerprint density at radius 1 is 1.06 bits per heavy atom. The van der Waals surface area contributed by atoms with Crippen molar-refractivity contribution in [3.05, 3.63) is 0 Å². The number of carbonyl (C=O) groups is 1. The third kappa shape index (κ3) is 4.52. The van der Waals surface area contributed by atoms with Crippen molar-refractivity contribution in [2.75, 3.05) is 19.6 Å². The van der Waals surface area contributed by atoms with Crippen molar-refractivity contribution in [1.82, 2.24) is 10.6 Å². The van der Waals surface area contributed by atoms with Gasteiger partial charge in [0.05, 0.1) is 0 Å². The molecule has 1 aliphatic heterocycles. The van der Waals surface area contributed by atoms with Gasteiger partial charge >= 0.3 is 0 Å². The van der Waals surface area contributed by atoms with Crippen LogP contribution in [0.2, 0.25) is 0 Å². The van der Waals surface area contributed by atoms with E-state index in [9.17, 15) is 4.79 Å². The highest BCUT2D eigenvalue weighted by Gasteiger charge is 2.20. The van der Waals surface area contributed by atoms with Crippen LogP contribution in [0.5, 0.6) is 0 Å². The molecule has 3 heteroatoms. The van der Waals surface area contributed by atoms with E-state index in [4.69, 9.17) is 0 Å². The van der Waals surface area contributed by atoms with Gasteiger partial charge in [0, 0.05) is 13.0 Å². The van der Waals surface area contributed by atoms with Gasteiger partial charge in [0.2, 0.25) is 5.91 Å². The molecule has 0 aromatic carbocycles. The van der Waals surface area contributed by atoms with Crippen molar-refractivity contribution in [2.24, 2.45) is 11.8 Å². The topological polar surface area (TPSA) is 41.1 Å². The summed E-state index contributed by atoms with van der Waals surface area (Å²) in [5.74, 6) is 1.96. The summed E-state index contributed by atoms with van der Waals surface area (Å²) in [7, 11) is 0. The van der Waals surface area contributed by atoms with E-state index < -0.39 is 0 Å². The zero-order valence-corrected chi connectivity index (χ0v) is 10.1. The molecule has 1 saturated heterocycles. The van der Waals surface area contributed by atoms with Crippen LogP contribution in [0.4, 0.5) is 0 Å². The molecule has 0 bridgehead atoms. The Morgan fingerprint density at radius 2 is 1.75 bits per heavy atom. The lowest BCUT2D eigenvalue weighted by atomic mass is 9.93. The molecular formula is C13H24N2O. The van der Waals surface area contributed by atoms with Crippen molar-refractivity contribution in [3.63, 3.8) is 0 Å². The SMILES string of the molecule is O=C(CCC1CCNCC1)NCCC1CC1. The highest BCUT2D eigenvalue weighted by atomic mass is 16.1. The lowest BCUT2D eigenvalue weighted by Crippen LogP contribution is -2.29. The number of carbonyl (C=O) groups excluding carboxylic acids is 1. The molecule has 16 heavy (non-hydrogen) atoms. The maximum absolute atomic E-state index is 11.6. The van der Waals surface area contributed by atoms with Crippen LogP contribution < -0.4 is 10.6 Å². The molecule has 2 aliphatic rings. The van der Waals surface area contributed by atoms with Gasteiger partial charge < -0.3 is 10.6 Å². The Balaban J connectivity index is 1.48. The zero-order valence-electron chi connectivity index (χ0n) is 10.1. The molecule has 0 unspecified atom stereocenters. The first-order chi connectivity index (χ1) is 7.84. The molecule has 92 valence electrons. The first-order valence-electron chi connectivity index (χ1n) is 6.82. The smallest absolute Gasteiger partial charge is 0.220 e. The molecule has 1 heterocycles. The van der Waals surface area contributed by atoms with Crippen LogP contribution in [0.15, 0.2) is 0 Å². The van der Waals surface area contributed by atoms with Crippen LogP contribution in [-0.2, 0) is 4.79 Å². The maximum atomic E-state index is 11.6. The first-order valence-corrected chi connectivity index (χ1v) is 6.82. The largest absolute Gasteiger partial charge is 0.356 e. The number of hydrogen-bond donors (Lipinski definition) is 2. The van der Waals surface area contributed by atoms with Crippen LogP contribution >= 0.6 is 0 Å². The number of nitrogens with one attached hydrogen (secondary N) is 2. The number of piperidine rings is 1. The molecule has 1 saturated carbocycles. The van der Waals surface area contributed by atoms with Gasteiger partial charge in [0.15, 0.2) is 0 Å². The molecule has 2 N–H and O–H groups in total. The van der Waals surface area contributed by atoms with Crippen LogP contribution in [-0.4, -0.2) is 25.5 Å². The molecule has 0 aromatic heterocycles. The Labute approximate surface area is 98.4 Å². The highest BCUT2D eigenvalue weighted by molar-refractivity contribution is 5.75. The standard InChI is InChI=1S/C13H24N2O/c16-13(15-10-7-11-1-2-11)4-3-12-5-8-14-9-6-12/h11-12,14H,1-10H2,(H,15,16). The van der Waals surface area contributed by atoms with E-state index in [1.54, 1.807) is 0 Å². The lowest BCUT2D eigenvalue weighted by molar-refractivity contribution is -0.121. The minimum Gasteiger partial charge on any atom is -0.356 e. The summed E-state index contributed by atoms with van der Waals surface area (Å²) in [5, 5.41) is 6.39. The molecular weight excluding hydrogens is 200 g/mol. The van der Waals surface area contributed by atoms with E-state index >= 15 is 0 Å². The van der Waals surface area contributed by atoms with Gasteiger partial charge in [-0.1, -0.05) is 12.8 Å².